The molecule has 1 aromatic heterocycles. The van der Waals surface area contributed by atoms with Crippen molar-refractivity contribution in [1.82, 2.24) is 4.57 Å². The third-order valence-corrected chi connectivity index (χ3v) is 8.30. The highest BCUT2D eigenvalue weighted by atomic mass is 15.0. The summed E-state index contributed by atoms with van der Waals surface area (Å²) in [6, 6.07) is 41.3. The second-order valence-corrected chi connectivity index (χ2v) is 10.8. The van der Waals surface area contributed by atoms with Crippen LogP contribution in [0.4, 0.5) is 0 Å². The summed E-state index contributed by atoms with van der Waals surface area (Å²) in [7, 11) is 0. The predicted octanol–water partition coefficient (Wildman–Crippen LogP) is 9.73. The van der Waals surface area contributed by atoms with Crippen molar-refractivity contribution in [3.8, 4) is 16.8 Å². The van der Waals surface area contributed by atoms with Gasteiger partial charge in [-0.1, -0.05) is 104 Å². The molecule has 0 unspecified atom stereocenters. The van der Waals surface area contributed by atoms with Gasteiger partial charge in [-0.05, 0) is 86.5 Å². The Morgan fingerprint density at radius 3 is 2.05 bits per heavy atom. The van der Waals surface area contributed by atoms with Crippen LogP contribution in [0.25, 0.3) is 71.4 Å². The van der Waals surface area contributed by atoms with Crippen molar-refractivity contribution in [2.24, 2.45) is 11.5 Å². The summed E-state index contributed by atoms with van der Waals surface area (Å²) in [4.78, 5) is 0. The molecule has 7 rings (SSSR count). The molecule has 43 heavy (non-hydrogen) atoms. The van der Waals surface area contributed by atoms with Crippen molar-refractivity contribution in [3.05, 3.63) is 164 Å². The van der Waals surface area contributed by atoms with Crippen LogP contribution in [0.15, 0.2) is 153 Å². The van der Waals surface area contributed by atoms with Gasteiger partial charge in [-0.25, -0.2) is 0 Å². The normalized spacial score (nSPS) is 12.4. The van der Waals surface area contributed by atoms with Gasteiger partial charge < -0.3 is 16.0 Å². The van der Waals surface area contributed by atoms with Crippen LogP contribution >= 0.6 is 0 Å². The van der Waals surface area contributed by atoms with Gasteiger partial charge in [0, 0.05) is 33.7 Å². The van der Waals surface area contributed by atoms with Gasteiger partial charge in [-0.3, -0.25) is 0 Å². The Labute approximate surface area is 251 Å². The summed E-state index contributed by atoms with van der Waals surface area (Å²) in [5.74, 6) is 0. The largest absolute Gasteiger partial charge is 0.404 e. The van der Waals surface area contributed by atoms with E-state index in [1.54, 1.807) is 18.4 Å². The lowest BCUT2D eigenvalue weighted by Crippen LogP contribution is -1.95. The fourth-order valence-corrected chi connectivity index (χ4v) is 6.15. The van der Waals surface area contributed by atoms with E-state index >= 15 is 0 Å². The molecule has 0 saturated carbocycles. The lowest BCUT2D eigenvalue weighted by atomic mass is 9.96. The molecule has 6 aromatic carbocycles. The van der Waals surface area contributed by atoms with Crippen LogP contribution in [0.1, 0.15) is 11.1 Å². The van der Waals surface area contributed by atoms with Crippen LogP contribution < -0.4 is 11.5 Å². The molecule has 1 heterocycles. The minimum absolute atomic E-state index is 0.711. The highest BCUT2D eigenvalue weighted by Gasteiger charge is 2.16. The van der Waals surface area contributed by atoms with E-state index in [0.717, 1.165) is 33.3 Å². The van der Waals surface area contributed by atoms with Gasteiger partial charge in [-0.2, -0.15) is 0 Å². The number of nitrogens with two attached hydrogens (primary N) is 2. The number of fused-ring (bicyclic) bond motifs is 6. The average Bonchev–Trinajstić information content (AvgIpc) is 3.39. The highest BCUT2D eigenvalue weighted by Crippen LogP contribution is 2.39. The standard InChI is InChI=1S/C40H31N3/c1-3-8-38(42)33-14-13-28-21-27(11-12-29(28)23-33)30-15-18-35-32(22-30)17-20-37-36-19-16-31(26(4-2)25-41)24-39(36)43(40(35)37)34-9-6-5-7-10-34/h3-25H,1-2,41-42H2/b26-25+,38-8-. The lowest BCUT2D eigenvalue weighted by molar-refractivity contribution is 1.19. The monoisotopic (exact) mass is 553 g/mol. The molecule has 0 atom stereocenters. The molecule has 0 bridgehead atoms. The first-order chi connectivity index (χ1) is 21.1. The van der Waals surface area contributed by atoms with E-state index in [9.17, 15) is 0 Å². The molecule has 0 fully saturated rings. The molecular weight excluding hydrogens is 522 g/mol. The summed E-state index contributed by atoms with van der Waals surface area (Å²) < 4.78 is 2.37. The van der Waals surface area contributed by atoms with Crippen LogP contribution in [0.2, 0.25) is 0 Å². The molecule has 4 N–H and O–H groups in total. The molecule has 0 spiro atoms. The Morgan fingerprint density at radius 2 is 1.28 bits per heavy atom. The van der Waals surface area contributed by atoms with E-state index in [1.807, 2.05) is 6.08 Å². The average molecular weight is 554 g/mol. The molecule has 0 aliphatic carbocycles. The molecule has 0 amide bonds. The van der Waals surface area contributed by atoms with E-state index in [4.69, 9.17) is 11.5 Å². The third kappa shape index (κ3) is 4.39. The zero-order valence-electron chi connectivity index (χ0n) is 23.8. The van der Waals surface area contributed by atoms with Gasteiger partial charge in [0.1, 0.15) is 0 Å². The molecule has 0 saturated heterocycles. The summed E-state index contributed by atoms with van der Waals surface area (Å²) in [6.45, 7) is 7.71. The van der Waals surface area contributed by atoms with Crippen LogP contribution in [-0.4, -0.2) is 4.57 Å². The van der Waals surface area contributed by atoms with E-state index in [1.165, 1.54) is 43.6 Å². The zero-order valence-corrected chi connectivity index (χ0v) is 23.8. The second-order valence-electron chi connectivity index (χ2n) is 10.8. The predicted molar refractivity (Wildman–Crippen MR) is 186 cm³/mol. The molecule has 3 nitrogen and oxygen atoms in total. The van der Waals surface area contributed by atoms with Crippen molar-refractivity contribution in [2.75, 3.05) is 0 Å². The van der Waals surface area contributed by atoms with E-state index in [0.29, 0.717) is 5.70 Å². The van der Waals surface area contributed by atoms with Crippen molar-refractivity contribution >= 4 is 54.6 Å². The van der Waals surface area contributed by atoms with Gasteiger partial charge in [0.05, 0.1) is 11.0 Å². The van der Waals surface area contributed by atoms with Crippen LogP contribution in [0, 0.1) is 0 Å². The van der Waals surface area contributed by atoms with Crippen molar-refractivity contribution in [3.63, 3.8) is 0 Å². The van der Waals surface area contributed by atoms with Gasteiger partial charge >= 0.3 is 0 Å². The SMILES string of the molecule is C=C/C=C(\N)c1ccc2cc(-c3ccc4c(ccc5c6ccc(/C(C=C)=C/N)cc6n(-c6ccccc6)c45)c3)ccc2c1. The first kappa shape index (κ1) is 26.1. The fourth-order valence-electron chi connectivity index (χ4n) is 6.15. The number of hydrogen-bond acceptors (Lipinski definition) is 2. The summed E-state index contributed by atoms with van der Waals surface area (Å²) in [6.07, 6.45) is 6.95. The molecule has 0 aliphatic heterocycles. The molecule has 7 aromatic rings. The maximum absolute atomic E-state index is 6.19. The Bertz CT molecular complexity index is 2280. The number of allylic oxidation sites excluding steroid dienone is 4. The van der Waals surface area contributed by atoms with E-state index < -0.39 is 0 Å². The maximum atomic E-state index is 6.19. The molecule has 3 heteroatoms. The minimum atomic E-state index is 0.711. The third-order valence-electron chi connectivity index (χ3n) is 8.30. The molecule has 0 aliphatic rings. The number of benzene rings is 6. The number of nitrogens with zero attached hydrogens (tertiary/aromatic N) is 1. The summed E-state index contributed by atoms with van der Waals surface area (Å²) >= 11 is 0. The first-order valence-electron chi connectivity index (χ1n) is 14.3. The van der Waals surface area contributed by atoms with Crippen LogP contribution in [0.5, 0.6) is 0 Å². The van der Waals surface area contributed by atoms with Gasteiger partial charge in [0.2, 0.25) is 0 Å². The summed E-state index contributed by atoms with van der Waals surface area (Å²) in [5.41, 5.74) is 21.6. The first-order valence-corrected chi connectivity index (χ1v) is 14.3. The van der Waals surface area contributed by atoms with Crippen LogP contribution in [-0.2, 0) is 0 Å². The second kappa shape index (κ2) is 10.6. The quantitative estimate of drug-likeness (QED) is 0.201. The number of hydrogen-bond donors (Lipinski definition) is 2. The van der Waals surface area contributed by atoms with Crippen LogP contribution in [0.3, 0.4) is 0 Å². The smallest absolute Gasteiger partial charge is 0.0619 e. The molecular formula is C40H31N3. The Morgan fingerprint density at radius 1 is 0.628 bits per heavy atom. The number of rotatable bonds is 6. The fraction of sp³-hybridized carbons (Fsp3) is 0. The molecule has 206 valence electrons. The van der Waals surface area contributed by atoms with Gasteiger partial charge in [0.15, 0.2) is 0 Å². The van der Waals surface area contributed by atoms with Crippen molar-refractivity contribution in [1.29, 1.82) is 0 Å². The lowest BCUT2D eigenvalue weighted by Gasteiger charge is -2.12. The Hall–Kier alpha value is -5.80. The summed E-state index contributed by atoms with van der Waals surface area (Å²) in [5, 5.41) is 7.14. The van der Waals surface area contributed by atoms with E-state index in [-0.39, 0.29) is 0 Å². The zero-order chi connectivity index (χ0) is 29.5. The van der Waals surface area contributed by atoms with Crippen molar-refractivity contribution in [2.45, 2.75) is 0 Å². The van der Waals surface area contributed by atoms with E-state index in [2.05, 4.69) is 133 Å². The minimum Gasteiger partial charge on any atom is -0.404 e. The Balaban J connectivity index is 1.42. The Kier molecular flexibility index (Phi) is 6.41. The van der Waals surface area contributed by atoms with Crippen molar-refractivity contribution < 1.29 is 0 Å². The maximum Gasteiger partial charge on any atom is 0.0619 e. The number of para-hydroxylation sites is 1. The van der Waals surface area contributed by atoms with Gasteiger partial charge in [0.25, 0.3) is 0 Å². The molecule has 0 radical (unpaired) electrons. The highest BCUT2D eigenvalue weighted by molar-refractivity contribution is 6.19. The topological polar surface area (TPSA) is 57.0 Å². The van der Waals surface area contributed by atoms with Gasteiger partial charge in [-0.15, -0.1) is 0 Å². The number of aromatic nitrogens is 1.